The highest BCUT2D eigenvalue weighted by Gasteiger charge is 2.29. The molecule has 1 fully saturated rings. The molecule has 1 atom stereocenters. The number of aromatic nitrogens is 4. The third-order valence-corrected chi connectivity index (χ3v) is 5.09. The molecule has 4 rings (SSSR count). The molecule has 0 N–H and O–H groups in total. The zero-order valence-electron chi connectivity index (χ0n) is 17.1. The van der Waals surface area contributed by atoms with E-state index >= 15 is 0 Å². The Hall–Kier alpha value is -3.46. The summed E-state index contributed by atoms with van der Waals surface area (Å²) >= 11 is 0. The van der Waals surface area contributed by atoms with Crippen molar-refractivity contribution in [2.45, 2.75) is 6.10 Å². The Kier molecular flexibility index (Phi) is 5.62. The quantitative estimate of drug-likeness (QED) is 0.630. The molecule has 156 valence electrons. The van der Waals surface area contributed by atoms with E-state index in [4.69, 9.17) is 19.2 Å². The van der Waals surface area contributed by atoms with E-state index in [0.717, 1.165) is 5.56 Å². The van der Waals surface area contributed by atoms with E-state index in [0.29, 0.717) is 48.5 Å². The molecule has 0 radical (unpaired) electrons. The van der Waals surface area contributed by atoms with Crippen molar-refractivity contribution in [2.24, 2.45) is 7.05 Å². The summed E-state index contributed by atoms with van der Waals surface area (Å²) in [6.45, 7) is 1.56. The highest BCUT2D eigenvalue weighted by molar-refractivity contribution is 5.55. The van der Waals surface area contributed by atoms with Gasteiger partial charge in [0.2, 0.25) is 5.95 Å². The molecule has 9 heteroatoms. The Bertz CT molecular complexity index is 1060. The zero-order valence-corrected chi connectivity index (χ0v) is 17.1. The zero-order chi connectivity index (χ0) is 21.1. The van der Waals surface area contributed by atoms with E-state index in [1.165, 1.54) is 17.0 Å². The van der Waals surface area contributed by atoms with Crippen molar-refractivity contribution < 1.29 is 14.2 Å². The fourth-order valence-corrected chi connectivity index (χ4v) is 3.59. The van der Waals surface area contributed by atoms with Crippen LogP contribution >= 0.6 is 0 Å². The van der Waals surface area contributed by atoms with Crippen LogP contribution in [-0.2, 0) is 11.8 Å². The van der Waals surface area contributed by atoms with Gasteiger partial charge < -0.3 is 19.1 Å². The average Bonchev–Trinajstić information content (AvgIpc) is 2.80. The van der Waals surface area contributed by atoms with Gasteiger partial charge in [0, 0.05) is 25.9 Å². The second kappa shape index (κ2) is 8.50. The van der Waals surface area contributed by atoms with Crippen LogP contribution in [0.3, 0.4) is 0 Å². The minimum atomic E-state index is -0.301. The van der Waals surface area contributed by atoms with Crippen molar-refractivity contribution in [3.8, 4) is 22.9 Å². The lowest BCUT2D eigenvalue weighted by Crippen LogP contribution is -2.42. The van der Waals surface area contributed by atoms with Crippen LogP contribution in [0, 0.1) is 0 Å². The van der Waals surface area contributed by atoms with Gasteiger partial charge in [0.1, 0.15) is 23.9 Å². The van der Waals surface area contributed by atoms with Crippen LogP contribution in [0.1, 0.15) is 11.7 Å². The molecule has 2 aromatic heterocycles. The standard InChI is InChI=1S/C21H23N5O4/c1-25-19(27)11-15(14-7-8-22-13-23-14)24-21(25)26-9-10-30-18(12-26)20-16(28-2)5-4-6-17(20)29-3/h4-8,11,13,18H,9-10,12H2,1-3H3. The summed E-state index contributed by atoms with van der Waals surface area (Å²) in [5, 5.41) is 0. The molecule has 1 aliphatic rings. The maximum atomic E-state index is 12.6. The van der Waals surface area contributed by atoms with E-state index in [1.807, 2.05) is 23.1 Å². The summed E-state index contributed by atoms with van der Waals surface area (Å²) in [7, 11) is 4.95. The molecular formula is C21H23N5O4. The van der Waals surface area contributed by atoms with Crippen molar-refractivity contribution in [3.63, 3.8) is 0 Å². The molecule has 3 heterocycles. The first-order valence-electron chi connectivity index (χ1n) is 9.54. The van der Waals surface area contributed by atoms with Crippen LogP contribution in [0.25, 0.3) is 11.4 Å². The molecule has 1 aliphatic heterocycles. The van der Waals surface area contributed by atoms with Gasteiger partial charge >= 0.3 is 0 Å². The fraction of sp³-hybridized carbons (Fsp3) is 0.333. The number of ether oxygens (including phenoxy) is 3. The summed E-state index contributed by atoms with van der Waals surface area (Å²) in [6.07, 6.45) is 2.76. The molecule has 0 spiro atoms. The SMILES string of the molecule is COc1cccc(OC)c1C1CN(c2nc(-c3ccncn3)cc(=O)n2C)CCO1. The molecule has 1 unspecified atom stereocenters. The number of benzene rings is 1. The minimum absolute atomic E-state index is 0.161. The number of methoxy groups -OCH3 is 2. The second-order valence-corrected chi connectivity index (χ2v) is 6.81. The van der Waals surface area contributed by atoms with E-state index in [1.54, 1.807) is 33.5 Å². The first-order valence-corrected chi connectivity index (χ1v) is 9.54. The van der Waals surface area contributed by atoms with Crippen molar-refractivity contribution in [1.82, 2.24) is 19.5 Å². The maximum Gasteiger partial charge on any atom is 0.255 e. The van der Waals surface area contributed by atoms with Gasteiger partial charge in [-0.25, -0.2) is 15.0 Å². The summed E-state index contributed by atoms with van der Waals surface area (Å²) in [5.74, 6) is 1.94. The lowest BCUT2D eigenvalue weighted by molar-refractivity contribution is 0.0358. The third kappa shape index (κ3) is 3.71. The second-order valence-electron chi connectivity index (χ2n) is 6.81. The number of anilines is 1. The smallest absolute Gasteiger partial charge is 0.255 e. The van der Waals surface area contributed by atoms with Crippen LogP contribution in [0.2, 0.25) is 0 Å². The van der Waals surface area contributed by atoms with Crippen molar-refractivity contribution in [2.75, 3.05) is 38.8 Å². The molecule has 1 saturated heterocycles. The molecule has 0 saturated carbocycles. The monoisotopic (exact) mass is 409 g/mol. The highest BCUT2D eigenvalue weighted by Crippen LogP contribution is 2.38. The fourth-order valence-electron chi connectivity index (χ4n) is 3.59. The van der Waals surface area contributed by atoms with Gasteiger partial charge in [-0.1, -0.05) is 6.07 Å². The lowest BCUT2D eigenvalue weighted by Gasteiger charge is -2.35. The molecule has 9 nitrogen and oxygen atoms in total. The van der Waals surface area contributed by atoms with E-state index in [9.17, 15) is 4.79 Å². The Labute approximate surface area is 173 Å². The van der Waals surface area contributed by atoms with Crippen LogP contribution in [-0.4, -0.2) is 53.4 Å². The normalized spacial score (nSPS) is 16.4. The topological polar surface area (TPSA) is 91.6 Å². The molecule has 0 bridgehead atoms. The summed E-state index contributed by atoms with van der Waals surface area (Å²) in [6, 6.07) is 8.84. The van der Waals surface area contributed by atoms with Gasteiger partial charge in [-0.15, -0.1) is 0 Å². The van der Waals surface area contributed by atoms with Gasteiger partial charge in [0.25, 0.3) is 5.56 Å². The van der Waals surface area contributed by atoms with Crippen LogP contribution in [0.4, 0.5) is 5.95 Å². The number of hydrogen-bond acceptors (Lipinski definition) is 8. The van der Waals surface area contributed by atoms with Crippen LogP contribution in [0.15, 0.2) is 47.7 Å². The van der Waals surface area contributed by atoms with Gasteiger partial charge in [-0.2, -0.15) is 0 Å². The van der Waals surface area contributed by atoms with E-state index < -0.39 is 0 Å². The molecule has 30 heavy (non-hydrogen) atoms. The molecular weight excluding hydrogens is 386 g/mol. The Morgan fingerprint density at radius 2 is 1.90 bits per heavy atom. The first-order chi connectivity index (χ1) is 14.6. The molecule has 3 aromatic rings. The predicted molar refractivity (Wildman–Crippen MR) is 111 cm³/mol. The number of hydrogen-bond donors (Lipinski definition) is 0. The Morgan fingerprint density at radius 3 is 2.57 bits per heavy atom. The predicted octanol–water partition coefficient (Wildman–Crippen LogP) is 1.83. The van der Waals surface area contributed by atoms with Gasteiger partial charge in [-0.05, 0) is 18.2 Å². The van der Waals surface area contributed by atoms with Gasteiger partial charge in [0.05, 0.1) is 44.3 Å². The lowest BCUT2D eigenvalue weighted by atomic mass is 10.0. The largest absolute Gasteiger partial charge is 0.496 e. The Balaban J connectivity index is 1.71. The summed E-state index contributed by atoms with van der Waals surface area (Å²) in [4.78, 5) is 27.5. The molecule has 0 aliphatic carbocycles. The first kappa shape index (κ1) is 19.8. The highest BCUT2D eigenvalue weighted by atomic mass is 16.5. The average molecular weight is 409 g/mol. The van der Waals surface area contributed by atoms with Crippen molar-refractivity contribution in [3.05, 3.63) is 58.8 Å². The number of morpholine rings is 1. The van der Waals surface area contributed by atoms with Crippen LogP contribution in [0.5, 0.6) is 11.5 Å². The summed E-state index contributed by atoms with van der Waals surface area (Å²) in [5.41, 5.74) is 1.78. The van der Waals surface area contributed by atoms with Crippen LogP contribution < -0.4 is 19.9 Å². The third-order valence-electron chi connectivity index (χ3n) is 5.09. The van der Waals surface area contributed by atoms with Crippen molar-refractivity contribution >= 4 is 5.95 Å². The van der Waals surface area contributed by atoms with E-state index in [-0.39, 0.29) is 11.7 Å². The Morgan fingerprint density at radius 1 is 1.13 bits per heavy atom. The molecule has 0 amide bonds. The maximum absolute atomic E-state index is 12.6. The van der Waals surface area contributed by atoms with Gasteiger partial charge in [-0.3, -0.25) is 9.36 Å². The van der Waals surface area contributed by atoms with Gasteiger partial charge in [0.15, 0.2) is 0 Å². The number of nitrogens with zero attached hydrogens (tertiary/aromatic N) is 5. The summed E-state index contributed by atoms with van der Waals surface area (Å²) < 4.78 is 18.7. The minimum Gasteiger partial charge on any atom is -0.496 e. The number of rotatable bonds is 5. The van der Waals surface area contributed by atoms with E-state index in [2.05, 4.69) is 9.97 Å². The molecule has 1 aromatic carbocycles. The van der Waals surface area contributed by atoms with Crippen molar-refractivity contribution in [1.29, 1.82) is 0 Å².